The van der Waals surface area contributed by atoms with E-state index in [1.165, 1.54) is 43.4 Å². The van der Waals surface area contributed by atoms with Crippen molar-refractivity contribution in [2.45, 2.75) is 57.9 Å². The fourth-order valence-electron chi connectivity index (χ4n) is 7.31. The molecule has 1 amide bonds. The van der Waals surface area contributed by atoms with Gasteiger partial charge in [-0.25, -0.2) is 0 Å². The number of para-hydroxylation sites is 1. The zero-order valence-electron chi connectivity index (χ0n) is 14.1. The minimum Gasteiger partial charge on any atom is -0.308 e. The molecule has 1 aliphatic heterocycles. The second-order valence-corrected chi connectivity index (χ2v) is 9.36. The standard InChI is InChI=1S/C21H25NO/c1-12-13(2)22(18-6-4-3-5-16(12)18)19(23)20-7-14-8-21(17(14)11-20)10-15(21)9-20/h3-6,12-15,17H,7-11H2,1-2H3. The number of fused-ring (bicyclic) bond motifs is 2. The molecule has 7 atom stereocenters. The molecule has 0 aromatic heterocycles. The summed E-state index contributed by atoms with van der Waals surface area (Å²) in [5.74, 6) is 3.58. The quantitative estimate of drug-likeness (QED) is 0.755. The normalized spacial score (nSPS) is 51.0. The molecule has 1 aromatic carbocycles. The fraction of sp³-hybridized carbons (Fsp3) is 0.667. The predicted molar refractivity (Wildman–Crippen MR) is 90.2 cm³/mol. The van der Waals surface area contributed by atoms with Crippen LogP contribution >= 0.6 is 0 Å². The molecule has 2 nitrogen and oxygen atoms in total. The van der Waals surface area contributed by atoms with Gasteiger partial charge < -0.3 is 4.90 Å². The molecule has 4 fully saturated rings. The molecule has 2 bridgehead atoms. The molecule has 1 heterocycles. The number of amides is 1. The van der Waals surface area contributed by atoms with E-state index >= 15 is 0 Å². The van der Waals surface area contributed by atoms with E-state index in [4.69, 9.17) is 0 Å². The van der Waals surface area contributed by atoms with E-state index in [1.807, 2.05) is 0 Å². The van der Waals surface area contributed by atoms with Crippen LogP contribution in [0.3, 0.4) is 0 Å². The van der Waals surface area contributed by atoms with E-state index in [1.54, 1.807) is 0 Å². The van der Waals surface area contributed by atoms with E-state index in [0.717, 1.165) is 23.2 Å². The predicted octanol–water partition coefficient (Wildman–Crippen LogP) is 4.35. The summed E-state index contributed by atoms with van der Waals surface area (Å²) in [4.78, 5) is 15.9. The topological polar surface area (TPSA) is 20.3 Å². The van der Waals surface area contributed by atoms with Crippen molar-refractivity contribution in [3.63, 3.8) is 0 Å². The Labute approximate surface area is 138 Å². The van der Waals surface area contributed by atoms with Crippen molar-refractivity contribution in [3.8, 4) is 0 Å². The highest BCUT2D eigenvalue weighted by Crippen LogP contribution is 2.84. The third-order valence-corrected chi connectivity index (χ3v) is 8.62. The smallest absolute Gasteiger partial charge is 0.233 e. The number of nitrogens with zero attached hydrogens (tertiary/aromatic N) is 1. The third-order valence-electron chi connectivity index (χ3n) is 8.62. The van der Waals surface area contributed by atoms with Gasteiger partial charge in [-0.05, 0) is 73.8 Å². The molecule has 6 rings (SSSR count). The summed E-state index contributed by atoms with van der Waals surface area (Å²) in [6.07, 6.45) is 6.46. The number of anilines is 1. The lowest BCUT2D eigenvalue weighted by Crippen LogP contribution is -2.47. The second-order valence-electron chi connectivity index (χ2n) is 9.36. The summed E-state index contributed by atoms with van der Waals surface area (Å²) in [6.45, 7) is 4.52. The number of rotatable bonds is 1. The van der Waals surface area contributed by atoms with Gasteiger partial charge in [-0.2, -0.15) is 0 Å². The SMILES string of the molecule is CC1c2ccccc2N(C(=O)C23CC4CC5(CC5C2)C4C3)C1C. The van der Waals surface area contributed by atoms with Gasteiger partial charge in [-0.15, -0.1) is 0 Å². The van der Waals surface area contributed by atoms with Crippen molar-refractivity contribution >= 4 is 11.6 Å². The highest BCUT2D eigenvalue weighted by atomic mass is 16.2. The number of hydrogen-bond acceptors (Lipinski definition) is 1. The van der Waals surface area contributed by atoms with Gasteiger partial charge in [-0.3, -0.25) is 4.79 Å². The minimum absolute atomic E-state index is 0.0120. The van der Waals surface area contributed by atoms with Crippen molar-refractivity contribution in [2.24, 2.45) is 28.6 Å². The molecule has 4 aliphatic carbocycles. The Morgan fingerprint density at radius 1 is 1.09 bits per heavy atom. The van der Waals surface area contributed by atoms with Crippen LogP contribution in [0.1, 0.15) is 57.4 Å². The van der Waals surface area contributed by atoms with Crippen molar-refractivity contribution in [1.29, 1.82) is 0 Å². The van der Waals surface area contributed by atoms with Crippen LogP contribution in [0.5, 0.6) is 0 Å². The monoisotopic (exact) mass is 307 g/mol. The zero-order valence-corrected chi connectivity index (χ0v) is 14.1. The first-order valence-electron chi connectivity index (χ1n) is 9.48. The van der Waals surface area contributed by atoms with Crippen LogP contribution in [0.4, 0.5) is 5.69 Å². The van der Waals surface area contributed by atoms with Crippen LogP contribution in [0.2, 0.25) is 0 Å². The molecule has 5 aliphatic rings. The highest BCUT2D eigenvalue weighted by molar-refractivity contribution is 6.01. The van der Waals surface area contributed by atoms with Gasteiger partial charge in [0, 0.05) is 17.6 Å². The molecular formula is C21H25NO. The summed E-state index contributed by atoms with van der Waals surface area (Å²) in [6, 6.07) is 8.89. The molecule has 4 saturated carbocycles. The zero-order chi connectivity index (χ0) is 15.6. The minimum atomic E-state index is -0.0120. The molecule has 1 aromatic rings. The highest BCUT2D eigenvalue weighted by Gasteiger charge is 2.77. The molecule has 23 heavy (non-hydrogen) atoms. The average Bonchev–Trinajstić information content (AvgIpc) is 3.16. The first-order valence-corrected chi connectivity index (χ1v) is 9.48. The van der Waals surface area contributed by atoms with Gasteiger partial charge in [0.05, 0.1) is 5.41 Å². The Morgan fingerprint density at radius 2 is 1.91 bits per heavy atom. The molecule has 7 unspecified atom stereocenters. The summed E-state index contributed by atoms with van der Waals surface area (Å²) >= 11 is 0. The Kier molecular flexibility index (Phi) is 2.09. The maximum Gasteiger partial charge on any atom is 0.233 e. The van der Waals surface area contributed by atoms with E-state index in [2.05, 4.69) is 43.0 Å². The number of hydrogen-bond donors (Lipinski definition) is 0. The van der Waals surface area contributed by atoms with Crippen LogP contribution < -0.4 is 4.90 Å². The van der Waals surface area contributed by atoms with Crippen molar-refractivity contribution in [2.75, 3.05) is 4.90 Å². The average molecular weight is 307 g/mol. The van der Waals surface area contributed by atoms with Crippen LogP contribution in [0, 0.1) is 28.6 Å². The Bertz CT molecular complexity index is 737. The maximum atomic E-state index is 13.8. The van der Waals surface area contributed by atoms with E-state index in [9.17, 15) is 4.79 Å². The van der Waals surface area contributed by atoms with E-state index in [0.29, 0.717) is 17.9 Å². The lowest BCUT2D eigenvalue weighted by Gasteiger charge is -2.45. The fourth-order valence-corrected chi connectivity index (χ4v) is 7.31. The van der Waals surface area contributed by atoms with Gasteiger partial charge in [0.2, 0.25) is 5.91 Å². The number of carbonyl (C=O) groups is 1. The number of carbonyl (C=O) groups excluding carboxylic acids is 1. The first-order chi connectivity index (χ1) is 11.1. The van der Waals surface area contributed by atoms with Gasteiger partial charge >= 0.3 is 0 Å². The van der Waals surface area contributed by atoms with Gasteiger partial charge in [0.15, 0.2) is 0 Å². The third kappa shape index (κ3) is 1.30. The van der Waals surface area contributed by atoms with E-state index < -0.39 is 0 Å². The largest absolute Gasteiger partial charge is 0.308 e. The van der Waals surface area contributed by atoms with Gasteiger partial charge in [-0.1, -0.05) is 25.1 Å². The lowest BCUT2D eigenvalue weighted by molar-refractivity contribution is -0.130. The van der Waals surface area contributed by atoms with Crippen LogP contribution in [0.25, 0.3) is 0 Å². The second kappa shape index (κ2) is 3.68. The molecule has 2 heteroatoms. The van der Waals surface area contributed by atoms with Crippen LogP contribution in [0.15, 0.2) is 24.3 Å². The summed E-state index contributed by atoms with van der Waals surface area (Å²) in [5.41, 5.74) is 3.27. The maximum absolute atomic E-state index is 13.8. The molecule has 1 spiro atoms. The molecule has 0 radical (unpaired) electrons. The van der Waals surface area contributed by atoms with Crippen LogP contribution in [-0.2, 0) is 4.79 Å². The molecule has 120 valence electrons. The molecule has 0 saturated heterocycles. The molecular weight excluding hydrogens is 282 g/mol. The van der Waals surface area contributed by atoms with Crippen LogP contribution in [-0.4, -0.2) is 11.9 Å². The first kappa shape index (κ1) is 13.0. The lowest BCUT2D eigenvalue weighted by atomic mass is 9.60. The number of benzene rings is 1. The van der Waals surface area contributed by atoms with Gasteiger partial charge in [0.25, 0.3) is 0 Å². The molecule has 0 N–H and O–H groups in total. The van der Waals surface area contributed by atoms with E-state index in [-0.39, 0.29) is 5.41 Å². The summed E-state index contributed by atoms with van der Waals surface area (Å²) < 4.78 is 0. The summed E-state index contributed by atoms with van der Waals surface area (Å²) in [7, 11) is 0. The van der Waals surface area contributed by atoms with Crippen molar-refractivity contribution in [3.05, 3.63) is 29.8 Å². The summed E-state index contributed by atoms with van der Waals surface area (Å²) in [5, 5.41) is 0. The van der Waals surface area contributed by atoms with Crippen molar-refractivity contribution < 1.29 is 4.79 Å². The Morgan fingerprint density at radius 3 is 2.78 bits per heavy atom. The Hall–Kier alpha value is -1.31. The van der Waals surface area contributed by atoms with Gasteiger partial charge in [0.1, 0.15) is 0 Å². The Balaban J connectivity index is 1.41. The van der Waals surface area contributed by atoms with Crippen molar-refractivity contribution in [1.82, 2.24) is 0 Å².